The lowest BCUT2D eigenvalue weighted by molar-refractivity contribution is 0.272. The Morgan fingerprint density at radius 1 is 0.867 bits per heavy atom. The Balaban J connectivity index is 1.96. The summed E-state index contributed by atoms with van der Waals surface area (Å²) in [6.45, 7) is 4.82. The molecule has 1 aromatic carbocycles. The molecule has 0 heterocycles. The van der Waals surface area contributed by atoms with Gasteiger partial charge in [0.2, 0.25) is 0 Å². The molecule has 80 valence electrons. The predicted molar refractivity (Wildman–Crippen MR) is 64.2 cm³/mol. The number of hydrogen-bond acceptors (Lipinski definition) is 0. The summed E-state index contributed by atoms with van der Waals surface area (Å²) in [7, 11) is 0. The smallest absolute Gasteiger partial charge is 0.00745 e. The molecule has 0 bridgehead atoms. The van der Waals surface area contributed by atoms with E-state index < -0.39 is 0 Å². The van der Waals surface area contributed by atoms with Gasteiger partial charge in [-0.2, -0.15) is 0 Å². The lowest BCUT2D eigenvalue weighted by Gasteiger charge is -2.39. The van der Waals surface area contributed by atoms with Gasteiger partial charge in [0.25, 0.3) is 0 Å². The molecule has 0 aliphatic heterocycles. The topological polar surface area (TPSA) is 0 Å². The molecule has 2 saturated carbocycles. The van der Waals surface area contributed by atoms with Crippen molar-refractivity contribution in [1.82, 2.24) is 0 Å². The molecule has 1 aromatic rings. The first-order chi connectivity index (χ1) is 7.12. The summed E-state index contributed by atoms with van der Waals surface area (Å²) >= 11 is 0. The molecule has 0 saturated heterocycles. The summed E-state index contributed by atoms with van der Waals surface area (Å²) in [4.78, 5) is 0. The van der Waals surface area contributed by atoms with E-state index in [4.69, 9.17) is 0 Å². The van der Waals surface area contributed by atoms with Crippen LogP contribution < -0.4 is 0 Å². The van der Waals surface area contributed by atoms with Crippen LogP contribution in [-0.2, 0) is 10.8 Å². The van der Waals surface area contributed by atoms with Crippen molar-refractivity contribution in [2.75, 3.05) is 0 Å². The summed E-state index contributed by atoms with van der Waals surface area (Å²) in [6.07, 6.45) is 6.94. The van der Waals surface area contributed by atoms with Crippen molar-refractivity contribution in [3.8, 4) is 0 Å². The maximum Gasteiger partial charge on any atom is -0.00745 e. The lowest BCUT2D eigenvalue weighted by Crippen LogP contribution is -2.30. The zero-order chi connectivity index (χ0) is 10.5. The molecular weight excluding hydrogens is 180 g/mol. The maximum atomic E-state index is 2.48. The molecule has 0 aromatic heterocycles. The first-order valence-corrected chi connectivity index (χ1v) is 6.24. The average molecular weight is 200 g/mol. The second-order valence-electron chi connectivity index (χ2n) is 6.06. The largest absolute Gasteiger partial charge is 0.0617 e. The predicted octanol–water partition coefficient (Wildman–Crippen LogP) is 4.18. The zero-order valence-electron chi connectivity index (χ0n) is 9.84. The molecule has 0 heteroatoms. The minimum atomic E-state index is 0.501. The molecule has 2 aliphatic rings. The van der Waals surface area contributed by atoms with Crippen LogP contribution in [0.3, 0.4) is 0 Å². The Morgan fingerprint density at radius 3 is 1.80 bits per heavy atom. The van der Waals surface area contributed by atoms with Crippen molar-refractivity contribution < 1.29 is 0 Å². The Kier molecular flexibility index (Phi) is 1.81. The van der Waals surface area contributed by atoms with Gasteiger partial charge in [0.1, 0.15) is 0 Å². The standard InChI is InChI=1S/C15H20/c1-14(7-4-8-14)12-5-3-6-13(11-12)15(2)9-10-15/h3,5-6,11H,4,7-10H2,1-2H3. The van der Waals surface area contributed by atoms with Gasteiger partial charge in [-0.05, 0) is 47.6 Å². The number of hydrogen-bond donors (Lipinski definition) is 0. The van der Waals surface area contributed by atoms with Crippen LogP contribution in [0, 0.1) is 0 Å². The Hall–Kier alpha value is -0.780. The first kappa shape index (κ1) is 9.45. The summed E-state index contributed by atoms with van der Waals surface area (Å²) in [6, 6.07) is 9.39. The normalized spacial score (nSPS) is 25.7. The van der Waals surface area contributed by atoms with Crippen LogP contribution in [0.15, 0.2) is 24.3 Å². The molecule has 0 nitrogen and oxygen atoms in total. The Morgan fingerprint density at radius 2 is 1.40 bits per heavy atom. The van der Waals surface area contributed by atoms with Crippen molar-refractivity contribution in [2.24, 2.45) is 0 Å². The molecule has 2 fully saturated rings. The van der Waals surface area contributed by atoms with Crippen LogP contribution in [0.25, 0.3) is 0 Å². The molecular formula is C15H20. The fourth-order valence-corrected chi connectivity index (χ4v) is 2.74. The fraction of sp³-hybridized carbons (Fsp3) is 0.600. The van der Waals surface area contributed by atoms with Crippen LogP contribution >= 0.6 is 0 Å². The molecule has 0 N–H and O–H groups in total. The van der Waals surface area contributed by atoms with E-state index in [1.807, 2.05) is 0 Å². The van der Waals surface area contributed by atoms with Gasteiger partial charge >= 0.3 is 0 Å². The summed E-state index contributed by atoms with van der Waals surface area (Å²) in [5.74, 6) is 0. The minimum Gasteiger partial charge on any atom is -0.0617 e. The van der Waals surface area contributed by atoms with Gasteiger partial charge in [0.15, 0.2) is 0 Å². The quantitative estimate of drug-likeness (QED) is 0.672. The third-order valence-corrected chi connectivity index (χ3v) is 4.71. The van der Waals surface area contributed by atoms with Gasteiger partial charge in [-0.1, -0.05) is 44.5 Å². The highest BCUT2D eigenvalue weighted by molar-refractivity contribution is 5.37. The summed E-state index contributed by atoms with van der Waals surface area (Å²) < 4.78 is 0. The molecule has 0 amide bonds. The van der Waals surface area contributed by atoms with E-state index >= 15 is 0 Å². The zero-order valence-corrected chi connectivity index (χ0v) is 9.84. The highest BCUT2D eigenvalue weighted by Gasteiger charge is 2.40. The SMILES string of the molecule is CC1(c2cccc(C3(C)CC3)c2)CCC1. The van der Waals surface area contributed by atoms with E-state index in [0.717, 1.165) is 0 Å². The van der Waals surface area contributed by atoms with Crippen LogP contribution in [0.1, 0.15) is 57.1 Å². The van der Waals surface area contributed by atoms with Crippen molar-refractivity contribution in [3.63, 3.8) is 0 Å². The average Bonchev–Trinajstić information content (AvgIpc) is 2.95. The number of benzene rings is 1. The summed E-state index contributed by atoms with van der Waals surface area (Å²) in [5, 5.41) is 0. The van der Waals surface area contributed by atoms with E-state index in [2.05, 4.69) is 38.1 Å². The second-order valence-corrected chi connectivity index (χ2v) is 6.06. The molecule has 0 radical (unpaired) electrons. The van der Waals surface area contributed by atoms with Gasteiger partial charge in [-0.3, -0.25) is 0 Å². The van der Waals surface area contributed by atoms with E-state index in [-0.39, 0.29) is 0 Å². The maximum absolute atomic E-state index is 2.48. The third-order valence-electron chi connectivity index (χ3n) is 4.71. The van der Waals surface area contributed by atoms with Crippen LogP contribution in [-0.4, -0.2) is 0 Å². The third kappa shape index (κ3) is 1.42. The van der Waals surface area contributed by atoms with Crippen molar-refractivity contribution >= 4 is 0 Å². The molecule has 2 aliphatic carbocycles. The van der Waals surface area contributed by atoms with Gasteiger partial charge in [0.05, 0.1) is 0 Å². The second kappa shape index (κ2) is 2.87. The molecule has 0 spiro atoms. The lowest BCUT2D eigenvalue weighted by atomic mass is 9.65. The van der Waals surface area contributed by atoms with Crippen molar-refractivity contribution in [1.29, 1.82) is 0 Å². The van der Waals surface area contributed by atoms with E-state index in [9.17, 15) is 0 Å². The van der Waals surface area contributed by atoms with Crippen molar-refractivity contribution in [3.05, 3.63) is 35.4 Å². The Labute approximate surface area is 92.7 Å². The minimum absolute atomic E-state index is 0.501. The molecule has 3 rings (SSSR count). The molecule has 15 heavy (non-hydrogen) atoms. The van der Waals surface area contributed by atoms with Gasteiger partial charge in [-0.15, -0.1) is 0 Å². The first-order valence-electron chi connectivity index (χ1n) is 6.24. The fourth-order valence-electron chi connectivity index (χ4n) is 2.74. The monoisotopic (exact) mass is 200 g/mol. The van der Waals surface area contributed by atoms with Crippen molar-refractivity contribution in [2.45, 2.75) is 56.8 Å². The van der Waals surface area contributed by atoms with Crippen LogP contribution in [0.5, 0.6) is 0 Å². The van der Waals surface area contributed by atoms with Crippen LogP contribution in [0.4, 0.5) is 0 Å². The van der Waals surface area contributed by atoms with Gasteiger partial charge in [-0.25, -0.2) is 0 Å². The summed E-state index contributed by atoms with van der Waals surface area (Å²) in [5.41, 5.74) is 4.18. The van der Waals surface area contributed by atoms with Gasteiger partial charge < -0.3 is 0 Å². The van der Waals surface area contributed by atoms with Gasteiger partial charge in [0, 0.05) is 0 Å². The van der Waals surface area contributed by atoms with E-state index in [1.165, 1.54) is 32.1 Å². The van der Waals surface area contributed by atoms with E-state index in [0.29, 0.717) is 10.8 Å². The molecule has 0 atom stereocenters. The highest BCUT2D eigenvalue weighted by atomic mass is 14.4. The Bertz CT molecular complexity index is 381. The van der Waals surface area contributed by atoms with E-state index in [1.54, 1.807) is 11.1 Å². The molecule has 0 unspecified atom stereocenters. The van der Waals surface area contributed by atoms with Crippen LogP contribution in [0.2, 0.25) is 0 Å². The number of rotatable bonds is 2. The highest BCUT2D eigenvalue weighted by Crippen LogP contribution is 2.49.